The lowest BCUT2D eigenvalue weighted by molar-refractivity contribution is 0.0963. The van der Waals surface area contributed by atoms with Crippen LogP contribution in [0, 0.1) is 0 Å². The van der Waals surface area contributed by atoms with Crippen molar-refractivity contribution < 1.29 is 4.79 Å². The molecule has 2 heteroatoms. The Morgan fingerprint density at radius 3 is 2.57 bits per heavy atom. The highest BCUT2D eigenvalue weighted by Crippen LogP contribution is 2.17. The lowest BCUT2D eigenvalue weighted by Gasteiger charge is -2.07. The lowest BCUT2D eigenvalue weighted by atomic mass is 10.0. The van der Waals surface area contributed by atoms with Gasteiger partial charge in [0.1, 0.15) is 0 Å². The van der Waals surface area contributed by atoms with Crippen LogP contribution < -0.4 is 5.32 Å². The minimum absolute atomic E-state index is 0.108. The highest BCUT2D eigenvalue weighted by molar-refractivity contribution is 5.98. The topological polar surface area (TPSA) is 29.1 Å². The van der Waals surface area contributed by atoms with Gasteiger partial charge in [0.05, 0.1) is 0 Å². The van der Waals surface area contributed by atoms with Crippen LogP contribution in [0.15, 0.2) is 31.4 Å². The van der Waals surface area contributed by atoms with Crippen molar-refractivity contribution in [3.8, 4) is 0 Å². The van der Waals surface area contributed by atoms with Crippen molar-refractivity contribution in [1.29, 1.82) is 0 Å². The molecule has 0 saturated heterocycles. The van der Waals surface area contributed by atoms with Gasteiger partial charge in [-0.15, -0.1) is 0 Å². The van der Waals surface area contributed by atoms with E-state index >= 15 is 0 Å². The van der Waals surface area contributed by atoms with Gasteiger partial charge >= 0.3 is 0 Å². The normalized spacial score (nSPS) is 9.21. The number of amides is 1. The van der Waals surface area contributed by atoms with E-state index in [0.29, 0.717) is 5.56 Å². The van der Waals surface area contributed by atoms with E-state index in [4.69, 9.17) is 0 Å². The van der Waals surface area contributed by atoms with Crippen LogP contribution in [-0.2, 0) is 0 Å². The van der Waals surface area contributed by atoms with E-state index in [9.17, 15) is 4.79 Å². The molecule has 1 N–H and O–H groups in total. The second-order valence-electron chi connectivity index (χ2n) is 2.80. The van der Waals surface area contributed by atoms with Crippen LogP contribution in [0.25, 0.3) is 12.2 Å². The Morgan fingerprint density at radius 2 is 2.07 bits per heavy atom. The fraction of sp³-hybridized carbons (Fsp3) is 0.0833. The molecule has 1 aromatic rings. The summed E-state index contributed by atoms with van der Waals surface area (Å²) in [5.74, 6) is -0.108. The molecule has 2 nitrogen and oxygen atoms in total. The third-order valence-electron chi connectivity index (χ3n) is 2.04. The highest BCUT2D eigenvalue weighted by atomic mass is 16.1. The van der Waals surface area contributed by atoms with Gasteiger partial charge in [0, 0.05) is 12.6 Å². The molecule has 0 spiro atoms. The molecule has 0 fully saturated rings. The maximum atomic E-state index is 11.5. The summed E-state index contributed by atoms with van der Waals surface area (Å²) in [7, 11) is 1.61. The van der Waals surface area contributed by atoms with E-state index in [1.165, 1.54) is 0 Å². The molecule has 0 aliphatic rings. The first-order valence-corrected chi connectivity index (χ1v) is 4.34. The predicted molar refractivity (Wildman–Crippen MR) is 60.0 cm³/mol. The summed E-state index contributed by atoms with van der Waals surface area (Å²) >= 11 is 0. The summed E-state index contributed by atoms with van der Waals surface area (Å²) in [6.45, 7) is 7.38. The third-order valence-corrected chi connectivity index (χ3v) is 2.04. The van der Waals surface area contributed by atoms with Gasteiger partial charge in [0.25, 0.3) is 5.91 Å². The summed E-state index contributed by atoms with van der Waals surface area (Å²) in [6.07, 6.45) is 3.38. The fourth-order valence-corrected chi connectivity index (χ4v) is 1.32. The Morgan fingerprint density at radius 1 is 1.36 bits per heavy atom. The minimum atomic E-state index is -0.108. The lowest BCUT2D eigenvalue weighted by Crippen LogP contribution is -2.19. The highest BCUT2D eigenvalue weighted by Gasteiger charge is 2.08. The van der Waals surface area contributed by atoms with Gasteiger partial charge in [0.2, 0.25) is 0 Å². The number of rotatable bonds is 3. The molecule has 14 heavy (non-hydrogen) atoms. The second-order valence-corrected chi connectivity index (χ2v) is 2.80. The second kappa shape index (κ2) is 4.42. The maximum Gasteiger partial charge on any atom is 0.251 e. The monoisotopic (exact) mass is 187 g/mol. The first-order chi connectivity index (χ1) is 6.74. The number of carbonyl (C=O) groups is 1. The van der Waals surface area contributed by atoms with Crippen molar-refractivity contribution >= 4 is 18.1 Å². The summed E-state index contributed by atoms with van der Waals surface area (Å²) in [5.41, 5.74) is 2.36. The molecule has 0 unspecified atom stereocenters. The van der Waals surface area contributed by atoms with Crippen LogP contribution in [-0.4, -0.2) is 13.0 Å². The molecule has 0 atom stereocenters. The Hall–Kier alpha value is -1.83. The summed E-state index contributed by atoms with van der Waals surface area (Å²) in [4.78, 5) is 11.5. The van der Waals surface area contributed by atoms with Crippen LogP contribution in [0.5, 0.6) is 0 Å². The van der Waals surface area contributed by atoms with Crippen LogP contribution in [0.1, 0.15) is 21.5 Å². The van der Waals surface area contributed by atoms with E-state index in [1.807, 2.05) is 12.1 Å². The van der Waals surface area contributed by atoms with Gasteiger partial charge in [-0.3, -0.25) is 4.79 Å². The van der Waals surface area contributed by atoms with Crippen LogP contribution in [0.2, 0.25) is 0 Å². The van der Waals surface area contributed by atoms with Gasteiger partial charge in [0.15, 0.2) is 0 Å². The molecule has 1 rings (SSSR count). The quantitative estimate of drug-likeness (QED) is 0.773. The van der Waals surface area contributed by atoms with Crippen molar-refractivity contribution in [3.63, 3.8) is 0 Å². The van der Waals surface area contributed by atoms with Gasteiger partial charge in [-0.2, -0.15) is 0 Å². The molecule has 0 aliphatic carbocycles. The minimum Gasteiger partial charge on any atom is -0.355 e. The molecular weight excluding hydrogens is 174 g/mol. The zero-order valence-electron chi connectivity index (χ0n) is 8.21. The Labute approximate surface area is 84.0 Å². The molecule has 1 amide bonds. The first kappa shape index (κ1) is 10.3. The predicted octanol–water partition coefficient (Wildman–Crippen LogP) is 2.33. The smallest absolute Gasteiger partial charge is 0.251 e. The van der Waals surface area contributed by atoms with E-state index in [-0.39, 0.29) is 5.91 Å². The first-order valence-electron chi connectivity index (χ1n) is 4.34. The summed E-state index contributed by atoms with van der Waals surface area (Å²) in [6, 6.07) is 5.49. The number of hydrogen-bond acceptors (Lipinski definition) is 1. The number of nitrogens with one attached hydrogen (secondary N) is 1. The zero-order valence-corrected chi connectivity index (χ0v) is 8.21. The van der Waals surface area contributed by atoms with Crippen molar-refractivity contribution in [1.82, 2.24) is 5.32 Å². The Bertz CT molecular complexity index is 380. The van der Waals surface area contributed by atoms with Crippen LogP contribution >= 0.6 is 0 Å². The fourth-order valence-electron chi connectivity index (χ4n) is 1.32. The van der Waals surface area contributed by atoms with Gasteiger partial charge in [-0.25, -0.2) is 0 Å². The standard InChI is InChI=1S/C12H13NO/c1-4-9-7-6-8-11(10(9)5-2)12(14)13-3/h4-8H,1-2H2,3H3,(H,13,14). The van der Waals surface area contributed by atoms with Gasteiger partial charge in [-0.1, -0.05) is 37.4 Å². The van der Waals surface area contributed by atoms with Crippen molar-refractivity contribution in [2.75, 3.05) is 7.05 Å². The summed E-state index contributed by atoms with van der Waals surface area (Å²) < 4.78 is 0. The maximum absolute atomic E-state index is 11.5. The van der Waals surface area contributed by atoms with Crippen molar-refractivity contribution in [2.24, 2.45) is 0 Å². The molecule has 0 saturated carbocycles. The van der Waals surface area contributed by atoms with E-state index in [2.05, 4.69) is 18.5 Å². The van der Waals surface area contributed by atoms with E-state index in [0.717, 1.165) is 11.1 Å². The van der Waals surface area contributed by atoms with Gasteiger partial charge in [-0.05, 0) is 17.2 Å². The molecule has 72 valence electrons. The van der Waals surface area contributed by atoms with E-state index in [1.54, 1.807) is 25.3 Å². The van der Waals surface area contributed by atoms with Gasteiger partial charge < -0.3 is 5.32 Å². The summed E-state index contributed by atoms with van der Waals surface area (Å²) in [5, 5.41) is 2.59. The number of carbonyl (C=O) groups excluding carboxylic acids is 1. The molecule has 1 aromatic carbocycles. The average molecular weight is 187 g/mol. The van der Waals surface area contributed by atoms with Crippen molar-refractivity contribution in [2.45, 2.75) is 0 Å². The van der Waals surface area contributed by atoms with Crippen molar-refractivity contribution in [3.05, 3.63) is 48.0 Å². The molecule has 0 heterocycles. The Balaban J connectivity index is 3.35. The molecule has 0 aliphatic heterocycles. The van der Waals surface area contributed by atoms with E-state index < -0.39 is 0 Å². The number of hydrogen-bond donors (Lipinski definition) is 1. The zero-order chi connectivity index (χ0) is 10.6. The van der Waals surface area contributed by atoms with Crippen LogP contribution in [0.4, 0.5) is 0 Å². The molecule has 0 radical (unpaired) electrons. The largest absolute Gasteiger partial charge is 0.355 e. The number of benzene rings is 1. The SMILES string of the molecule is C=Cc1cccc(C(=O)NC)c1C=C. The third kappa shape index (κ3) is 1.74. The van der Waals surface area contributed by atoms with Crippen LogP contribution in [0.3, 0.4) is 0 Å². The average Bonchev–Trinajstić information content (AvgIpc) is 2.26. The molecule has 0 aromatic heterocycles. The Kier molecular flexibility index (Phi) is 3.24. The molecule has 0 bridgehead atoms. The molecular formula is C12H13NO.